The Hall–Kier alpha value is -1.16. The molecular formula is C12H21N3O. The van der Waals surface area contributed by atoms with Gasteiger partial charge in [0.15, 0.2) is 0 Å². The summed E-state index contributed by atoms with van der Waals surface area (Å²) < 4.78 is 5.15. The summed E-state index contributed by atoms with van der Waals surface area (Å²) in [5.41, 5.74) is 0.941. The van der Waals surface area contributed by atoms with Crippen LogP contribution >= 0.6 is 0 Å². The van der Waals surface area contributed by atoms with Gasteiger partial charge >= 0.3 is 0 Å². The van der Waals surface area contributed by atoms with Crippen molar-refractivity contribution in [1.29, 1.82) is 0 Å². The van der Waals surface area contributed by atoms with E-state index in [0.29, 0.717) is 11.8 Å². The standard InChI is InChI=1S/C12H21N3O/c1-10(2)9-13-6-4-5-11-12(16-3)15-8-7-14-11/h7-8,10,13H,4-6,9H2,1-3H3. The van der Waals surface area contributed by atoms with Gasteiger partial charge in [-0.2, -0.15) is 0 Å². The van der Waals surface area contributed by atoms with Crippen molar-refractivity contribution in [2.45, 2.75) is 26.7 Å². The van der Waals surface area contributed by atoms with Crippen LogP contribution in [0.25, 0.3) is 0 Å². The summed E-state index contributed by atoms with van der Waals surface area (Å²) in [6.07, 6.45) is 5.32. The molecule has 0 aliphatic heterocycles. The lowest BCUT2D eigenvalue weighted by molar-refractivity contribution is 0.388. The van der Waals surface area contributed by atoms with E-state index in [1.54, 1.807) is 19.5 Å². The van der Waals surface area contributed by atoms with Crippen LogP contribution < -0.4 is 10.1 Å². The van der Waals surface area contributed by atoms with Crippen molar-refractivity contribution in [2.24, 2.45) is 5.92 Å². The van der Waals surface area contributed by atoms with E-state index in [2.05, 4.69) is 29.1 Å². The number of methoxy groups -OCH3 is 1. The molecule has 1 N–H and O–H groups in total. The molecule has 0 bridgehead atoms. The lowest BCUT2D eigenvalue weighted by Gasteiger charge is -2.08. The first kappa shape index (κ1) is 12.9. The molecule has 4 nitrogen and oxygen atoms in total. The first-order chi connectivity index (χ1) is 7.74. The largest absolute Gasteiger partial charge is 0.480 e. The van der Waals surface area contributed by atoms with E-state index in [1.165, 1.54) is 0 Å². The molecule has 0 amide bonds. The average molecular weight is 223 g/mol. The molecule has 1 aromatic heterocycles. The Morgan fingerprint density at radius 2 is 2.06 bits per heavy atom. The molecule has 0 unspecified atom stereocenters. The fourth-order valence-corrected chi connectivity index (χ4v) is 1.47. The second-order valence-electron chi connectivity index (χ2n) is 4.21. The van der Waals surface area contributed by atoms with Crippen LogP contribution in [0.4, 0.5) is 0 Å². The van der Waals surface area contributed by atoms with E-state index in [0.717, 1.165) is 31.6 Å². The molecule has 0 saturated carbocycles. The second-order valence-corrected chi connectivity index (χ2v) is 4.21. The molecule has 0 saturated heterocycles. The molecule has 0 fully saturated rings. The molecule has 4 heteroatoms. The number of aryl methyl sites for hydroxylation is 1. The summed E-state index contributed by atoms with van der Waals surface area (Å²) in [6, 6.07) is 0. The predicted octanol–water partition coefficient (Wildman–Crippen LogP) is 1.66. The highest BCUT2D eigenvalue weighted by Gasteiger charge is 2.04. The third-order valence-electron chi connectivity index (χ3n) is 2.25. The van der Waals surface area contributed by atoms with Crippen molar-refractivity contribution in [1.82, 2.24) is 15.3 Å². The number of aromatic nitrogens is 2. The number of nitrogens with zero attached hydrogens (tertiary/aromatic N) is 2. The summed E-state index contributed by atoms with van der Waals surface area (Å²) in [4.78, 5) is 8.39. The highest BCUT2D eigenvalue weighted by molar-refractivity contribution is 5.16. The molecular weight excluding hydrogens is 202 g/mol. The molecule has 1 heterocycles. The molecule has 0 aliphatic rings. The number of hydrogen-bond acceptors (Lipinski definition) is 4. The summed E-state index contributed by atoms with van der Waals surface area (Å²) >= 11 is 0. The summed E-state index contributed by atoms with van der Waals surface area (Å²) in [7, 11) is 1.63. The zero-order chi connectivity index (χ0) is 11.8. The Labute approximate surface area is 97.5 Å². The van der Waals surface area contributed by atoms with Crippen molar-refractivity contribution in [3.63, 3.8) is 0 Å². The normalized spacial score (nSPS) is 10.8. The van der Waals surface area contributed by atoms with Gasteiger partial charge in [-0.05, 0) is 31.8 Å². The van der Waals surface area contributed by atoms with E-state index < -0.39 is 0 Å². The van der Waals surface area contributed by atoms with Crippen molar-refractivity contribution < 1.29 is 4.74 Å². The first-order valence-corrected chi connectivity index (χ1v) is 5.78. The molecule has 16 heavy (non-hydrogen) atoms. The van der Waals surface area contributed by atoms with Gasteiger partial charge in [-0.15, -0.1) is 0 Å². The molecule has 1 rings (SSSR count). The van der Waals surface area contributed by atoms with Gasteiger partial charge in [0.2, 0.25) is 5.88 Å². The molecule has 0 radical (unpaired) electrons. The second kappa shape index (κ2) is 7.17. The van der Waals surface area contributed by atoms with Crippen molar-refractivity contribution >= 4 is 0 Å². The quantitative estimate of drug-likeness (QED) is 0.714. The first-order valence-electron chi connectivity index (χ1n) is 5.78. The molecule has 1 aromatic rings. The number of ether oxygens (including phenoxy) is 1. The van der Waals surface area contributed by atoms with Crippen LogP contribution in [0.1, 0.15) is 26.0 Å². The van der Waals surface area contributed by atoms with Crippen molar-refractivity contribution in [3.05, 3.63) is 18.1 Å². The van der Waals surface area contributed by atoms with Crippen LogP contribution in [-0.4, -0.2) is 30.2 Å². The van der Waals surface area contributed by atoms with E-state index >= 15 is 0 Å². The third kappa shape index (κ3) is 4.57. The molecule has 0 aliphatic carbocycles. The summed E-state index contributed by atoms with van der Waals surface area (Å²) in [5.74, 6) is 1.34. The SMILES string of the molecule is COc1nccnc1CCCNCC(C)C. The van der Waals surface area contributed by atoms with Gasteiger partial charge in [0.1, 0.15) is 5.69 Å². The fourth-order valence-electron chi connectivity index (χ4n) is 1.47. The monoisotopic (exact) mass is 223 g/mol. The highest BCUT2D eigenvalue weighted by Crippen LogP contribution is 2.11. The minimum Gasteiger partial charge on any atom is -0.480 e. The summed E-state index contributed by atoms with van der Waals surface area (Å²) in [6.45, 7) is 6.49. The van der Waals surface area contributed by atoms with Gasteiger partial charge in [0, 0.05) is 12.4 Å². The molecule has 0 aromatic carbocycles. The van der Waals surface area contributed by atoms with Gasteiger partial charge < -0.3 is 10.1 Å². The van der Waals surface area contributed by atoms with Crippen LogP contribution in [0.15, 0.2) is 12.4 Å². The van der Waals surface area contributed by atoms with Crippen LogP contribution in [0.2, 0.25) is 0 Å². The molecule has 0 spiro atoms. The van der Waals surface area contributed by atoms with Crippen molar-refractivity contribution in [2.75, 3.05) is 20.2 Å². The minimum atomic E-state index is 0.645. The highest BCUT2D eigenvalue weighted by atomic mass is 16.5. The van der Waals surface area contributed by atoms with Crippen LogP contribution in [0.5, 0.6) is 5.88 Å². The Bertz CT molecular complexity index is 302. The zero-order valence-electron chi connectivity index (χ0n) is 10.4. The minimum absolute atomic E-state index is 0.645. The van der Waals surface area contributed by atoms with Gasteiger partial charge in [-0.25, -0.2) is 4.98 Å². The van der Waals surface area contributed by atoms with E-state index in [9.17, 15) is 0 Å². The fraction of sp³-hybridized carbons (Fsp3) is 0.667. The Kier molecular flexibility index (Phi) is 5.78. The van der Waals surface area contributed by atoms with E-state index in [-0.39, 0.29) is 0 Å². The lowest BCUT2D eigenvalue weighted by Crippen LogP contribution is -2.21. The van der Waals surface area contributed by atoms with Crippen LogP contribution in [0, 0.1) is 5.92 Å². The average Bonchev–Trinajstić information content (AvgIpc) is 2.29. The topological polar surface area (TPSA) is 47.0 Å². The number of nitrogens with one attached hydrogen (secondary N) is 1. The Balaban J connectivity index is 2.26. The third-order valence-corrected chi connectivity index (χ3v) is 2.25. The smallest absolute Gasteiger partial charge is 0.235 e. The predicted molar refractivity (Wildman–Crippen MR) is 64.6 cm³/mol. The van der Waals surface area contributed by atoms with Gasteiger partial charge in [-0.1, -0.05) is 13.8 Å². The Morgan fingerprint density at radius 1 is 1.31 bits per heavy atom. The van der Waals surface area contributed by atoms with E-state index in [1.807, 2.05) is 0 Å². The maximum Gasteiger partial charge on any atom is 0.235 e. The maximum atomic E-state index is 5.15. The molecule has 90 valence electrons. The van der Waals surface area contributed by atoms with Gasteiger partial charge in [0.25, 0.3) is 0 Å². The Morgan fingerprint density at radius 3 is 2.75 bits per heavy atom. The maximum absolute atomic E-state index is 5.15. The molecule has 0 atom stereocenters. The van der Waals surface area contributed by atoms with Gasteiger partial charge in [0.05, 0.1) is 7.11 Å². The van der Waals surface area contributed by atoms with E-state index in [4.69, 9.17) is 4.74 Å². The number of hydrogen-bond donors (Lipinski definition) is 1. The van der Waals surface area contributed by atoms with Crippen LogP contribution in [0.3, 0.4) is 0 Å². The van der Waals surface area contributed by atoms with Crippen LogP contribution in [-0.2, 0) is 6.42 Å². The zero-order valence-corrected chi connectivity index (χ0v) is 10.4. The lowest BCUT2D eigenvalue weighted by atomic mass is 10.2. The number of rotatable bonds is 7. The van der Waals surface area contributed by atoms with Gasteiger partial charge in [-0.3, -0.25) is 4.98 Å². The van der Waals surface area contributed by atoms with Crippen molar-refractivity contribution in [3.8, 4) is 5.88 Å². The summed E-state index contributed by atoms with van der Waals surface area (Å²) in [5, 5.41) is 3.40.